The third-order valence-corrected chi connectivity index (χ3v) is 0.753. The lowest BCUT2D eigenvalue weighted by Crippen LogP contribution is -1.93. The van der Waals surface area contributed by atoms with Crippen molar-refractivity contribution in [2.45, 2.75) is 33.1 Å². The quantitative estimate of drug-likeness (QED) is 0.631. The number of carboxylic acids is 1. The van der Waals surface area contributed by atoms with Crippen LogP contribution in [0.3, 0.4) is 0 Å². The monoisotopic (exact) mass is 147 g/mol. The van der Waals surface area contributed by atoms with E-state index in [4.69, 9.17) is 10.8 Å². The number of aliphatic carboxylic acids is 1. The van der Waals surface area contributed by atoms with Gasteiger partial charge < -0.3 is 10.8 Å². The standard InChI is InChI=1S/C4H8O2.C3H9N/c1-2-3-4(5)6;1-2-3-4/h2-3H2,1H3,(H,5,6);2-4H2,1H3. The first kappa shape index (κ1) is 12.1. The minimum absolute atomic E-state index is 0.292. The van der Waals surface area contributed by atoms with Gasteiger partial charge in [-0.05, 0) is 19.4 Å². The summed E-state index contributed by atoms with van der Waals surface area (Å²) in [5.74, 6) is -0.711. The van der Waals surface area contributed by atoms with Gasteiger partial charge in [0.05, 0.1) is 0 Å². The second-order valence-corrected chi connectivity index (χ2v) is 1.93. The molecule has 0 aliphatic heterocycles. The Bertz CT molecular complexity index is 72.0. The van der Waals surface area contributed by atoms with Crippen molar-refractivity contribution in [1.82, 2.24) is 0 Å². The molecule has 0 aromatic heterocycles. The Morgan fingerprint density at radius 3 is 1.80 bits per heavy atom. The summed E-state index contributed by atoms with van der Waals surface area (Å²) in [6.45, 7) is 4.72. The average Bonchev–Trinajstić information content (AvgIpc) is 1.89. The van der Waals surface area contributed by atoms with Gasteiger partial charge in [-0.25, -0.2) is 0 Å². The zero-order chi connectivity index (χ0) is 8.41. The molecule has 0 radical (unpaired) electrons. The molecule has 10 heavy (non-hydrogen) atoms. The van der Waals surface area contributed by atoms with Crippen molar-refractivity contribution < 1.29 is 9.90 Å². The number of nitrogens with two attached hydrogens (primary N) is 1. The van der Waals surface area contributed by atoms with Crippen LogP contribution in [0.25, 0.3) is 0 Å². The lowest BCUT2D eigenvalue weighted by atomic mass is 10.4. The van der Waals surface area contributed by atoms with Crippen LogP contribution >= 0.6 is 0 Å². The van der Waals surface area contributed by atoms with E-state index in [0.29, 0.717) is 6.42 Å². The molecule has 0 bridgehead atoms. The molecule has 0 aromatic carbocycles. The molecule has 0 aliphatic carbocycles. The molecule has 0 rings (SSSR count). The van der Waals surface area contributed by atoms with Gasteiger partial charge in [0.1, 0.15) is 0 Å². The summed E-state index contributed by atoms with van der Waals surface area (Å²) >= 11 is 0. The van der Waals surface area contributed by atoms with Crippen molar-refractivity contribution >= 4 is 5.97 Å². The van der Waals surface area contributed by atoms with Gasteiger partial charge in [-0.2, -0.15) is 0 Å². The Morgan fingerprint density at radius 2 is 1.80 bits per heavy atom. The largest absolute Gasteiger partial charge is 0.481 e. The highest BCUT2D eigenvalue weighted by Crippen LogP contribution is 1.82. The highest BCUT2D eigenvalue weighted by atomic mass is 16.4. The smallest absolute Gasteiger partial charge is 0.303 e. The first-order valence-corrected chi connectivity index (χ1v) is 3.60. The molecule has 3 N–H and O–H groups in total. The lowest BCUT2D eigenvalue weighted by Gasteiger charge is -1.79. The predicted molar refractivity (Wildman–Crippen MR) is 41.9 cm³/mol. The first-order valence-electron chi connectivity index (χ1n) is 3.60. The van der Waals surface area contributed by atoms with Crippen LogP contribution < -0.4 is 5.73 Å². The maximum Gasteiger partial charge on any atom is 0.303 e. The number of carbonyl (C=O) groups is 1. The van der Waals surface area contributed by atoms with Crippen molar-refractivity contribution in [2.24, 2.45) is 5.73 Å². The summed E-state index contributed by atoms with van der Waals surface area (Å²) in [5, 5.41) is 7.91. The normalized spacial score (nSPS) is 7.90. The van der Waals surface area contributed by atoms with Gasteiger partial charge in [0.25, 0.3) is 0 Å². The zero-order valence-corrected chi connectivity index (χ0v) is 6.76. The molecular weight excluding hydrogens is 130 g/mol. The molecular formula is C7H17NO2. The van der Waals surface area contributed by atoms with Crippen LogP contribution in [-0.4, -0.2) is 17.6 Å². The van der Waals surface area contributed by atoms with Crippen molar-refractivity contribution in [2.75, 3.05) is 6.54 Å². The van der Waals surface area contributed by atoms with Crippen LogP contribution in [0, 0.1) is 0 Å². The van der Waals surface area contributed by atoms with E-state index in [1.807, 2.05) is 6.92 Å². The number of rotatable bonds is 3. The van der Waals surface area contributed by atoms with E-state index >= 15 is 0 Å². The maximum absolute atomic E-state index is 9.60. The number of hydrogen-bond donors (Lipinski definition) is 2. The van der Waals surface area contributed by atoms with Crippen LogP contribution in [0.5, 0.6) is 0 Å². The molecule has 0 heterocycles. The number of hydrogen-bond acceptors (Lipinski definition) is 2. The van der Waals surface area contributed by atoms with Crippen molar-refractivity contribution in [3.63, 3.8) is 0 Å². The van der Waals surface area contributed by atoms with E-state index in [9.17, 15) is 4.79 Å². The van der Waals surface area contributed by atoms with Crippen LogP contribution in [0.2, 0.25) is 0 Å². The van der Waals surface area contributed by atoms with Gasteiger partial charge in [-0.15, -0.1) is 0 Å². The molecule has 0 aromatic rings. The summed E-state index contributed by atoms with van der Waals surface area (Å²) in [6, 6.07) is 0. The molecule has 0 atom stereocenters. The topological polar surface area (TPSA) is 63.3 Å². The van der Waals surface area contributed by atoms with E-state index in [2.05, 4.69) is 6.92 Å². The average molecular weight is 147 g/mol. The third-order valence-electron chi connectivity index (χ3n) is 0.753. The molecule has 0 saturated carbocycles. The molecule has 0 unspecified atom stereocenters. The highest BCUT2D eigenvalue weighted by Gasteiger charge is 1.87. The predicted octanol–water partition coefficient (Wildman–Crippen LogP) is 1.23. The minimum atomic E-state index is -0.711. The molecule has 0 aliphatic rings. The van der Waals surface area contributed by atoms with E-state index in [0.717, 1.165) is 19.4 Å². The van der Waals surface area contributed by atoms with Crippen LogP contribution in [0.15, 0.2) is 0 Å². The Morgan fingerprint density at radius 1 is 1.40 bits per heavy atom. The van der Waals surface area contributed by atoms with Gasteiger partial charge in [0.15, 0.2) is 0 Å². The summed E-state index contributed by atoms with van der Waals surface area (Å²) in [6.07, 6.45) is 2.12. The second-order valence-electron chi connectivity index (χ2n) is 1.93. The van der Waals surface area contributed by atoms with E-state index in [1.165, 1.54) is 0 Å². The fourth-order valence-corrected chi connectivity index (χ4v) is 0.214. The van der Waals surface area contributed by atoms with Gasteiger partial charge in [-0.1, -0.05) is 13.8 Å². The SMILES string of the molecule is CCCC(=O)O.CCCN. The van der Waals surface area contributed by atoms with Gasteiger partial charge in [0, 0.05) is 6.42 Å². The Hall–Kier alpha value is -0.570. The summed E-state index contributed by atoms with van der Waals surface area (Å²) < 4.78 is 0. The molecule has 0 fully saturated rings. The van der Waals surface area contributed by atoms with E-state index in [-0.39, 0.29) is 0 Å². The Kier molecular flexibility index (Phi) is 13.7. The fourth-order valence-electron chi connectivity index (χ4n) is 0.214. The highest BCUT2D eigenvalue weighted by molar-refractivity contribution is 5.66. The van der Waals surface area contributed by atoms with Gasteiger partial charge in [-0.3, -0.25) is 4.79 Å². The summed E-state index contributed by atoms with van der Waals surface area (Å²) in [4.78, 5) is 9.60. The van der Waals surface area contributed by atoms with Crippen molar-refractivity contribution in [3.05, 3.63) is 0 Å². The molecule has 0 saturated heterocycles. The maximum atomic E-state index is 9.60. The van der Waals surface area contributed by atoms with Crippen LogP contribution in [-0.2, 0) is 4.79 Å². The van der Waals surface area contributed by atoms with E-state index < -0.39 is 5.97 Å². The van der Waals surface area contributed by atoms with Crippen molar-refractivity contribution in [3.8, 4) is 0 Å². The van der Waals surface area contributed by atoms with Crippen molar-refractivity contribution in [1.29, 1.82) is 0 Å². The summed E-state index contributed by atoms with van der Waals surface area (Å²) in [7, 11) is 0. The zero-order valence-electron chi connectivity index (χ0n) is 6.76. The van der Waals surface area contributed by atoms with Gasteiger partial charge in [0.2, 0.25) is 0 Å². The van der Waals surface area contributed by atoms with Crippen LogP contribution in [0.1, 0.15) is 33.1 Å². The molecule has 0 amide bonds. The third kappa shape index (κ3) is 26.1. The fraction of sp³-hybridized carbons (Fsp3) is 0.857. The lowest BCUT2D eigenvalue weighted by molar-refractivity contribution is -0.137. The van der Waals surface area contributed by atoms with Gasteiger partial charge >= 0.3 is 5.97 Å². The first-order chi connectivity index (χ1) is 4.68. The Balaban J connectivity index is 0. The molecule has 3 nitrogen and oxygen atoms in total. The molecule has 0 spiro atoms. The van der Waals surface area contributed by atoms with E-state index in [1.54, 1.807) is 0 Å². The summed E-state index contributed by atoms with van der Waals surface area (Å²) in [5.41, 5.74) is 5.03. The molecule has 3 heteroatoms. The number of carboxylic acid groups (broad SMARTS) is 1. The molecule has 62 valence electrons. The minimum Gasteiger partial charge on any atom is -0.481 e. The van der Waals surface area contributed by atoms with Crippen LogP contribution in [0.4, 0.5) is 0 Å². The second kappa shape index (κ2) is 11.3. The Labute approximate surface area is 62.2 Å².